The first-order valence-corrected chi connectivity index (χ1v) is 7.19. The van der Waals surface area contributed by atoms with Gasteiger partial charge in [-0.3, -0.25) is 9.59 Å². The lowest BCUT2D eigenvalue weighted by Gasteiger charge is -2.17. The van der Waals surface area contributed by atoms with Gasteiger partial charge in [0.2, 0.25) is 11.8 Å². The molecule has 0 atom stereocenters. The van der Waals surface area contributed by atoms with Gasteiger partial charge in [-0.05, 0) is 30.3 Å². The molecule has 7 heteroatoms. The molecule has 0 aliphatic carbocycles. The van der Waals surface area contributed by atoms with Gasteiger partial charge in [0.15, 0.2) is 0 Å². The zero-order valence-electron chi connectivity index (χ0n) is 13.3. The maximum absolute atomic E-state index is 13.7. The van der Waals surface area contributed by atoms with Crippen LogP contribution in [0.4, 0.5) is 25.8 Å². The number of nitrogens with zero attached hydrogens (tertiary/aromatic N) is 1. The van der Waals surface area contributed by atoms with Crippen LogP contribution >= 0.6 is 0 Å². The fourth-order valence-corrected chi connectivity index (χ4v) is 1.95. The summed E-state index contributed by atoms with van der Waals surface area (Å²) in [6.07, 6.45) is 0. The number of carbonyl (C=O) groups is 2. The van der Waals surface area contributed by atoms with Crippen LogP contribution in [0.1, 0.15) is 6.92 Å². The third-order valence-electron chi connectivity index (χ3n) is 3.32. The topological polar surface area (TPSA) is 61.4 Å². The summed E-state index contributed by atoms with van der Waals surface area (Å²) in [6, 6.07) is 9.62. The molecule has 24 heavy (non-hydrogen) atoms. The van der Waals surface area contributed by atoms with E-state index in [0.717, 1.165) is 6.07 Å². The normalized spacial score (nSPS) is 10.2. The number of hydrogen-bond acceptors (Lipinski definition) is 3. The Balaban J connectivity index is 2.20. The minimum absolute atomic E-state index is 0.147. The zero-order valence-corrected chi connectivity index (χ0v) is 13.3. The Morgan fingerprint density at radius 2 is 1.75 bits per heavy atom. The van der Waals surface area contributed by atoms with E-state index in [2.05, 4.69) is 10.6 Å². The number of rotatable bonds is 5. The summed E-state index contributed by atoms with van der Waals surface area (Å²) in [5, 5.41) is 5.33. The smallest absolute Gasteiger partial charge is 0.244 e. The summed E-state index contributed by atoms with van der Waals surface area (Å²) in [4.78, 5) is 24.4. The minimum Gasteiger partial charge on any atom is -0.351 e. The SMILES string of the molecule is CC(=O)N(C)CC(=O)Nc1ccc(F)cc1Nc1ccccc1F. The summed E-state index contributed by atoms with van der Waals surface area (Å²) in [5.74, 6) is -1.74. The lowest BCUT2D eigenvalue weighted by Crippen LogP contribution is -2.33. The summed E-state index contributed by atoms with van der Waals surface area (Å²) in [7, 11) is 1.49. The number of benzene rings is 2. The van der Waals surface area contributed by atoms with Gasteiger partial charge in [0.25, 0.3) is 0 Å². The second-order valence-electron chi connectivity index (χ2n) is 5.22. The highest BCUT2D eigenvalue weighted by Gasteiger charge is 2.13. The Bertz CT molecular complexity index is 765. The third-order valence-corrected chi connectivity index (χ3v) is 3.32. The number of amides is 2. The van der Waals surface area contributed by atoms with Crippen molar-refractivity contribution in [1.29, 1.82) is 0 Å². The van der Waals surface area contributed by atoms with Crippen LogP contribution in [0.25, 0.3) is 0 Å². The Hall–Kier alpha value is -2.96. The minimum atomic E-state index is -0.535. The van der Waals surface area contributed by atoms with E-state index < -0.39 is 17.5 Å². The molecule has 2 aromatic carbocycles. The van der Waals surface area contributed by atoms with Crippen molar-refractivity contribution in [1.82, 2.24) is 4.90 Å². The number of hydrogen-bond donors (Lipinski definition) is 2. The van der Waals surface area contributed by atoms with E-state index in [-0.39, 0.29) is 29.5 Å². The van der Waals surface area contributed by atoms with Crippen LogP contribution in [0.2, 0.25) is 0 Å². The van der Waals surface area contributed by atoms with Gasteiger partial charge in [0.1, 0.15) is 11.6 Å². The molecule has 0 unspecified atom stereocenters. The van der Waals surface area contributed by atoms with Crippen LogP contribution in [0.3, 0.4) is 0 Å². The molecule has 0 radical (unpaired) electrons. The Morgan fingerprint density at radius 1 is 1.04 bits per heavy atom. The quantitative estimate of drug-likeness (QED) is 0.884. The van der Waals surface area contributed by atoms with Crippen LogP contribution in [-0.4, -0.2) is 30.3 Å². The van der Waals surface area contributed by atoms with Gasteiger partial charge >= 0.3 is 0 Å². The molecule has 2 N–H and O–H groups in total. The van der Waals surface area contributed by atoms with Crippen molar-refractivity contribution in [2.45, 2.75) is 6.92 Å². The maximum Gasteiger partial charge on any atom is 0.244 e. The van der Waals surface area contributed by atoms with Gasteiger partial charge in [-0.25, -0.2) is 8.78 Å². The maximum atomic E-state index is 13.7. The first-order chi connectivity index (χ1) is 11.4. The van der Waals surface area contributed by atoms with E-state index in [1.165, 1.54) is 49.2 Å². The van der Waals surface area contributed by atoms with Crippen molar-refractivity contribution < 1.29 is 18.4 Å². The number of para-hydroxylation sites is 1. The second kappa shape index (κ2) is 7.54. The highest BCUT2D eigenvalue weighted by atomic mass is 19.1. The fraction of sp³-hybridized carbons (Fsp3) is 0.176. The number of likely N-dealkylation sites (N-methyl/N-ethyl adjacent to an activating group) is 1. The standard InChI is InChI=1S/C17H17F2N3O2/c1-11(23)22(2)10-17(24)21-15-8-7-12(18)9-16(15)20-14-6-4-3-5-13(14)19/h3-9,20H,10H2,1-2H3,(H,21,24). The molecule has 0 bridgehead atoms. The molecule has 0 saturated heterocycles. The molecular formula is C17H17F2N3O2. The Labute approximate surface area is 138 Å². The summed E-state index contributed by atoms with van der Waals surface area (Å²) >= 11 is 0. The van der Waals surface area contributed by atoms with Crippen molar-refractivity contribution in [3.8, 4) is 0 Å². The van der Waals surface area contributed by atoms with Crippen molar-refractivity contribution in [3.63, 3.8) is 0 Å². The highest BCUT2D eigenvalue weighted by molar-refractivity contribution is 5.97. The molecular weight excluding hydrogens is 316 g/mol. The number of anilines is 3. The number of carbonyl (C=O) groups excluding carboxylic acids is 2. The van der Waals surface area contributed by atoms with Crippen LogP contribution in [0, 0.1) is 11.6 Å². The Kier molecular flexibility index (Phi) is 5.47. The summed E-state index contributed by atoms with van der Waals surface area (Å²) in [6.45, 7) is 1.20. The predicted molar refractivity (Wildman–Crippen MR) is 88.0 cm³/mol. The molecule has 0 saturated carbocycles. The lowest BCUT2D eigenvalue weighted by atomic mass is 10.2. The average Bonchev–Trinajstić information content (AvgIpc) is 2.52. The number of nitrogens with one attached hydrogen (secondary N) is 2. The third kappa shape index (κ3) is 4.52. The molecule has 5 nitrogen and oxygen atoms in total. The molecule has 0 aliphatic heterocycles. The van der Waals surface area contributed by atoms with Crippen molar-refractivity contribution in [3.05, 3.63) is 54.1 Å². The zero-order chi connectivity index (χ0) is 17.7. The van der Waals surface area contributed by atoms with E-state index in [1.807, 2.05) is 0 Å². The molecule has 0 aromatic heterocycles. The van der Waals surface area contributed by atoms with E-state index >= 15 is 0 Å². The van der Waals surface area contributed by atoms with Gasteiger partial charge in [-0.15, -0.1) is 0 Å². The highest BCUT2D eigenvalue weighted by Crippen LogP contribution is 2.27. The molecule has 126 valence electrons. The Morgan fingerprint density at radius 3 is 2.42 bits per heavy atom. The first kappa shape index (κ1) is 17.4. The largest absolute Gasteiger partial charge is 0.351 e. The van der Waals surface area contributed by atoms with Crippen molar-refractivity contribution in [2.24, 2.45) is 0 Å². The van der Waals surface area contributed by atoms with Gasteiger partial charge < -0.3 is 15.5 Å². The van der Waals surface area contributed by atoms with E-state index in [4.69, 9.17) is 0 Å². The van der Waals surface area contributed by atoms with Crippen molar-refractivity contribution in [2.75, 3.05) is 24.2 Å². The molecule has 2 rings (SSSR count). The molecule has 2 aromatic rings. The van der Waals surface area contributed by atoms with Crippen LogP contribution in [0.5, 0.6) is 0 Å². The van der Waals surface area contributed by atoms with E-state index in [9.17, 15) is 18.4 Å². The summed E-state index contributed by atoms with van der Waals surface area (Å²) < 4.78 is 27.2. The average molecular weight is 333 g/mol. The van der Waals surface area contributed by atoms with Gasteiger partial charge in [-0.2, -0.15) is 0 Å². The lowest BCUT2D eigenvalue weighted by molar-refractivity contribution is -0.131. The first-order valence-electron chi connectivity index (χ1n) is 7.19. The predicted octanol–water partition coefficient (Wildman–Crippen LogP) is 3.13. The van der Waals surface area contributed by atoms with E-state index in [0.29, 0.717) is 0 Å². The molecule has 0 spiro atoms. The van der Waals surface area contributed by atoms with Crippen LogP contribution < -0.4 is 10.6 Å². The monoisotopic (exact) mass is 333 g/mol. The van der Waals surface area contributed by atoms with E-state index in [1.54, 1.807) is 6.07 Å². The molecule has 0 aliphatic rings. The van der Waals surface area contributed by atoms with Crippen LogP contribution in [0.15, 0.2) is 42.5 Å². The summed E-state index contributed by atoms with van der Waals surface area (Å²) in [5.41, 5.74) is 0.639. The fourth-order valence-electron chi connectivity index (χ4n) is 1.95. The van der Waals surface area contributed by atoms with Gasteiger partial charge in [0, 0.05) is 14.0 Å². The van der Waals surface area contributed by atoms with Gasteiger partial charge in [-0.1, -0.05) is 12.1 Å². The molecule has 0 fully saturated rings. The molecule has 0 heterocycles. The van der Waals surface area contributed by atoms with Crippen molar-refractivity contribution >= 4 is 28.9 Å². The second-order valence-corrected chi connectivity index (χ2v) is 5.22. The number of halogens is 2. The van der Waals surface area contributed by atoms with Crippen LogP contribution in [-0.2, 0) is 9.59 Å². The molecule has 2 amide bonds. The van der Waals surface area contributed by atoms with Gasteiger partial charge in [0.05, 0.1) is 23.6 Å².